The number of ether oxygens (including phenoxy) is 6. The van der Waals surface area contributed by atoms with E-state index in [9.17, 15) is 47.9 Å². The summed E-state index contributed by atoms with van der Waals surface area (Å²) in [7, 11) is 0. The van der Waals surface area contributed by atoms with Crippen LogP contribution in [-0.4, -0.2) is 207 Å². The Morgan fingerprint density at radius 2 is 1.31 bits per heavy atom. The number of nitrogens with zero attached hydrogens (tertiary/aromatic N) is 4. The van der Waals surface area contributed by atoms with Gasteiger partial charge in [0.15, 0.2) is 12.5 Å². The lowest BCUT2D eigenvalue weighted by molar-refractivity contribution is -0.137. The molecule has 0 spiro atoms. The van der Waals surface area contributed by atoms with Crippen molar-refractivity contribution in [2.75, 3.05) is 121 Å². The molecule has 7 N–H and O–H groups in total. The predicted molar refractivity (Wildman–Crippen MR) is 370 cm³/mol. The van der Waals surface area contributed by atoms with Crippen LogP contribution in [0.2, 0.25) is 0 Å². The number of benzene rings is 4. The highest BCUT2D eigenvalue weighted by molar-refractivity contribution is 7.17. The highest BCUT2D eigenvalue weighted by Crippen LogP contribution is 2.49. The number of halogens is 1. The summed E-state index contributed by atoms with van der Waals surface area (Å²) in [5, 5.41) is 18.3. The number of hydrogen-bond acceptors (Lipinski definition) is 17. The summed E-state index contributed by atoms with van der Waals surface area (Å²) < 4.78 is 34.5. The number of aryl methyl sites for hydroxylation is 1. The molecule has 0 unspecified atom stereocenters. The molecule has 1 saturated heterocycles. The van der Waals surface area contributed by atoms with E-state index in [4.69, 9.17) is 40.0 Å². The third kappa shape index (κ3) is 19.1. The molecule has 10 rings (SSSR count). The first-order valence-corrected chi connectivity index (χ1v) is 34.2. The van der Waals surface area contributed by atoms with Gasteiger partial charge in [-0.3, -0.25) is 43.3 Å². The van der Waals surface area contributed by atoms with E-state index in [0.717, 1.165) is 42.6 Å². The summed E-state index contributed by atoms with van der Waals surface area (Å²) >= 11 is 8.05. The Hall–Kier alpha value is -9.71. The van der Waals surface area contributed by atoms with Gasteiger partial charge in [-0.15, -0.1) is 22.9 Å². The minimum absolute atomic E-state index is 0.00295. The van der Waals surface area contributed by atoms with Crippen LogP contribution in [0, 0.1) is 12.8 Å². The number of aromatic amines is 2. The SMILES string of the molecule is Cc1csc2c(OC(=O)N3CCN(C(=O)OCNC(=O)[C@H](CC(C)C)NC(=O)[C@@H](Cc4ccccc4)NC(=O)CCOCCOCCOCCOCCNC(=O)CCN4C(=O)C=CC4=O)CC3)cc3c(c12)[C@H](CCl)CN3C(=O)c1cc2cc(NC(=O)c3cc4ccccc4[nH]3)ccc2[nH]1. The van der Waals surface area contributed by atoms with Crippen molar-refractivity contribution in [1.29, 1.82) is 0 Å². The normalized spacial score (nSPS) is 15.0. The van der Waals surface area contributed by atoms with Crippen LogP contribution in [0.25, 0.3) is 31.9 Å². The molecule has 0 bridgehead atoms. The van der Waals surface area contributed by atoms with Crippen molar-refractivity contribution in [2.24, 2.45) is 5.92 Å². The molecule has 29 heteroatoms. The van der Waals surface area contributed by atoms with E-state index >= 15 is 0 Å². The fourth-order valence-electron chi connectivity index (χ4n) is 11.7. The summed E-state index contributed by atoms with van der Waals surface area (Å²) in [6.07, 6.45) is 1.24. The number of carbonyl (C=O) groups excluding carboxylic acids is 10. The Labute approximate surface area is 579 Å². The molecule has 6 heterocycles. The van der Waals surface area contributed by atoms with Gasteiger partial charge in [-0.25, -0.2) is 9.59 Å². The van der Waals surface area contributed by atoms with Gasteiger partial charge >= 0.3 is 12.2 Å². The van der Waals surface area contributed by atoms with Crippen LogP contribution >= 0.6 is 22.9 Å². The number of rotatable bonds is 33. The highest BCUT2D eigenvalue weighted by atomic mass is 35.5. The number of anilines is 2. The number of thiophene rings is 1. The van der Waals surface area contributed by atoms with Crippen LogP contribution in [0.4, 0.5) is 21.0 Å². The summed E-state index contributed by atoms with van der Waals surface area (Å²) in [5.74, 6) is -3.24. The molecular weight excluding hydrogens is 1320 g/mol. The van der Waals surface area contributed by atoms with Crippen LogP contribution in [0.3, 0.4) is 0 Å². The van der Waals surface area contributed by atoms with Gasteiger partial charge in [0.2, 0.25) is 23.6 Å². The lowest BCUT2D eigenvalue weighted by Crippen LogP contribution is -2.55. The number of carbonyl (C=O) groups is 10. The zero-order chi connectivity index (χ0) is 70.0. The Morgan fingerprint density at radius 3 is 2.01 bits per heavy atom. The number of para-hydroxylation sites is 1. The van der Waals surface area contributed by atoms with Gasteiger partial charge in [-0.1, -0.05) is 62.4 Å². The molecule has 3 aromatic heterocycles. The maximum Gasteiger partial charge on any atom is 0.415 e. The molecule has 0 saturated carbocycles. The Balaban J connectivity index is 0.639. The second kappa shape index (κ2) is 34.7. The lowest BCUT2D eigenvalue weighted by atomic mass is 9.97. The van der Waals surface area contributed by atoms with E-state index in [-0.39, 0.29) is 146 Å². The quantitative estimate of drug-likeness (QED) is 0.00954. The monoisotopic (exact) mass is 1400 g/mol. The fourth-order valence-corrected chi connectivity index (χ4v) is 13.0. The van der Waals surface area contributed by atoms with Crippen LogP contribution in [0.1, 0.15) is 76.7 Å². The molecule has 99 heavy (non-hydrogen) atoms. The van der Waals surface area contributed by atoms with Crippen molar-refractivity contribution in [3.8, 4) is 5.75 Å². The Bertz CT molecular complexity index is 4060. The van der Waals surface area contributed by atoms with Gasteiger partial charge in [0, 0.05) is 128 Å². The molecule has 0 radical (unpaired) electrons. The number of H-pyrrole nitrogens is 2. The summed E-state index contributed by atoms with van der Waals surface area (Å²) in [6, 6.07) is 25.2. The predicted octanol–water partition coefficient (Wildman–Crippen LogP) is 6.88. The van der Waals surface area contributed by atoms with Crippen LogP contribution in [-0.2, 0) is 58.9 Å². The number of piperazine rings is 1. The molecule has 4 aromatic carbocycles. The van der Waals surface area contributed by atoms with Crippen molar-refractivity contribution >= 4 is 126 Å². The van der Waals surface area contributed by atoms with Crippen LogP contribution in [0.5, 0.6) is 5.75 Å². The van der Waals surface area contributed by atoms with Crippen molar-refractivity contribution in [2.45, 2.75) is 64.5 Å². The summed E-state index contributed by atoms with van der Waals surface area (Å²) in [6.45, 7) is 8.05. The maximum absolute atomic E-state index is 14.6. The van der Waals surface area contributed by atoms with Crippen molar-refractivity contribution in [3.63, 3.8) is 0 Å². The molecule has 3 aliphatic heterocycles. The van der Waals surface area contributed by atoms with Gasteiger partial charge in [-0.05, 0) is 77.7 Å². The molecule has 0 aliphatic carbocycles. The molecule has 27 nitrogen and oxygen atoms in total. The number of alkyl halides is 1. The molecule has 3 aliphatic rings. The summed E-state index contributed by atoms with van der Waals surface area (Å²) in [4.78, 5) is 143. The topological polar surface area (TPSA) is 331 Å². The molecular formula is C70H80ClN11O16S. The highest BCUT2D eigenvalue weighted by Gasteiger charge is 2.38. The van der Waals surface area contributed by atoms with Gasteiger partial charge < -0.3 is 79.7 Å². The van der Waals surface area contributed by atoms with E-state index < -0.39 is 60.5 Å². The minimum atomic E-state index is -1.06. The largest absolute Gasteiger partial charge is 0.428 e. The molecule has 7 aromatic rings. The lowest BCUT2D eigenvalue weighted by Gasteiger charge is -2.33. The van der Waals surface area contributed by atoms with Crippen LogP contribution < -0.4 is 36.2 Å². The number of fused-ring (bicyclic) bond motifs is 5. The molecule has 1 fully saturated rings. The van der Waals surface area contributed by atoms with Gasteiger partial charge in [0.05, 0.1) is 63.2 Å². The molecule has 10 amide bonds. The number of imide groups is 1. The average molecular weight is 1400 g/mol. The second-order valence-corrected chi connectivity index (χ2v) is 25.5. The summed E-state index contributed by atoms with van der Waals surface area (Å²) in [5.41, 5.74) is 5.95. The third-order valence-corrected chi connectivity index (χ3v) is 18.2. The first-order valence-electron chi connectivity index (χ1n) is 32.8. The minimum Gasteiger partial charge on any atom is -0.428 e. The number of hydrogen-bond donors (Lipinski definition) is 7. The van der Waals surface area contributed by atoms with Gasteiger partial charge in [0.1, 0.15) is 23.5 Å². The molecule has 3 atom stereocenters. The number of nitrogens with one attached hydrogen (secondary N) is 7. The Morgan fingerprint density at radius 1 is 0.667 bits per heavy atom. The van der Waals surface area contributed by atoms with Crippen LogP contribution in [0.15, 0.2) is 109 Å². The first kappa shape index (κ1) is 72.0. The zero-order valence-electron chi connectivity index (χ0n) is 55.2. The third-order valence-electron chi connectivity index (χ3n) is 16.8. The maximum atomic E-state index is 14.6. The molecule has 524 valence electrons. The smallest absolute Gasteiger partial charge is 0.415 e. The van der Waals surface area contributed by atoms with Crippen molar-refractivity contribution in [3.05, 3.63) is 137 Å². The zero-order valence-corrected chi connectivity index (χ0v) is 56.7. The van der Waals surface area contributed by atoms with E-state index in [1.807, 2.05) is 80.7 Å². The van der Waals surface area contributed by atoms with Crippen molar-refractivity contribution in [1.82, 2.24) is 45.9 Å². The van der Waals surface area contributed by atoms with Gasteiger partial charge in [0.25, 0.3) is 23.6 Å². The number of aromatic nitrogens is 2. The second-order valence-electron chi connectivity index (χ2n) is 24.3. The van der Waals surface area contributed by atoms with E-state index in [1.54, 1.807) is 41.3 Å². The average Bonchev–Trinajstić information content (AvgIpc) is 1.58. The Kier molecular flexibility index (Phi) is 25.2. The van der Waals surface area contributed by atoms with Crippen molar-refractivity contribution < 1.29 is 76.4 Å². The van der Waals surface area contributed by atoms with E-state index in [2.05, 4.69) is 36.6 Å². The number of amides is 10. The van der Waals surface area contributed by atoms with E-state index in [0.29, 0.717) is 53.5 Å². The van der Waals surface area contributed by atoms with Gasteiger partial charge in [-0.2, -0.15) is 0 Å². The first-order chi connectivity index (χ1) is 47.9. The van der Waals surface area contributed by atoms with E-state index in [1.165, 1.54) is 33.3 Å². The fraction of sp³-hybridized carbons (Fsp3) is 0.400. The standard InChI is InChI=1S/C70H80ClN11O16S/c1-43(2)33-52(78-67(89)53(34-45-9-5-4-6-10-45)77-59(84)18-25-93-27-29-95-31-32-96-30-28-94-26-19-72-58(83)17-20-81-60(85)15-16-61(81)86)65(87)73-42-97-69(91)79-21-23-80(24-22-79)70(92)98-57-38-56-63(62-44(3)41-99-64(57)62)48(39-71)40-82(56)68(90)55-37-47-35-49(13-14-51(47)76-55)74-66(88)54-36-46-11-7-8-12-50(46)75-54/h4-16,35-38,41,43,48,52-53,75-76H,17-34,39-40,42H2,1-3H3,(H,72,83)(H,73,87)(H,74,88)(H,77,84)(H,78,89)/t48-,52+,53-/m1/s1.